The maximum Gasteiger partial charge on any atom is 0.0552 e. The summed E-state index contributed by atoms with van der Waals surface area (Å²) in [5, 5.41) is 1.23. The molecule has 89 valence electrons. The average Bonchev–Trinajstić information content (AvgIpc) is 3.01. The standard InChI is InChI=1S/C17H16N/c1-3-7-15-13(5-1)9-10-17(15)18-12-11-14-6-2-4-8-16(14)18/h1-4,6-8,12-13,17H,5,9-10H2. The molecule has 2 atom stereocenters. The molecule has 1 aromatic heterocycles. The highest BCUT2D eigenvalue weighted by Crippen LogP contribution is 2.44. The van der Waals surface area contributed by atoms with Crippen molar-refractivity contribution < 1.29 is 0 Å². The molecule has 2 aliphatic carbocycles. The summed E-state index contributed by atoms with van der Waals surface area (Å²) in [6, 6.07) is 12.5. The first-order valence-electron chi connectivity index (χ1n) is 6.77. The zero-order valence-electron chi connectivity index (χ0n) is 10.3. The van der Waals surface area contributed by atoms with Gasteiger partial charge in [-0.1, -0.05) is 36.4 Å². The quantitative estimate of drug-likeness (QED) is 0.694. The molecule has 1 saturated carbocycles. The highest BCUT2D eigenvalue weighted by atomic mass is 15.0. The summed E-state index contributed by atoms with van der Waals surface area (Å²) in [5.74, 6) is 0.779. The smallest absolute Gasteiger partial charge is 0.0552 e. The molecule has 2 unspecified atom stereocenters. The highest BCUT2D eigenvalue weighted by molar-refractivity contribution is 5.79. The third-order valence-electron chi connectivity index (χ3n) is 4.37. The first-order valence-corrected chi connectivity index (χ1v) is 6.77. The summed E-state index contributed by atoms with van der Waals surface area (Å²) in [7, 11) is 0. The summed E-state index contributed by atoms with van der Waals surface area (Å²) in [6.07, 6.45) is 12.8. The number of rotatable bonds is 1. The van der Waals surface area contributed by atoms with Crippen molar-refractivity contribution in [2.75, 3.05) is 0 Å². The van der Waals surface area contributed by atoms with Crippen LogP contribution in [-0.2, 0) is 0 Å². The Kier molecular flexibility index (Phi) is 2.19. The Hall–Kier alpha value is -1.76. The molecule has 0 amide bonds. The monoisotopic (exact) mass is 234 g/mol. The normalized spacial score (nSPS) is 26.3. The van der Waals surface area contributed by atoms with Gasteiger partial charge in [0.1, 0.15) is 0 Å². The number of allylic oxidation sites excluding steroid dienone is 4. The van der Waals surface area contributed by atoms with E-state index in [0.717, 1.165) is 5.92 Å². The Morgan fingerprint density at radius 2 is 2.11 bits per heavy atom. The van der Waals surface area contributed by atoms with E-state index in [1.807, 2.05) is 0 Å². The van der Waals surface area contributed by atoms with Crippen LogP contribution in [0.2, 0.25) is 0 Å². The highest BCUT2D eigenvalue weighted by Gasteiger charge is 2.31. The lowest BCUT2D eigenvalue weighted by Gasteiger charge is -2.20. The maximum atomic E-state index is 3.38. The maximum absolute atomic E-state index is 3.38. The van der Waals surface area contributed by atoms with E-state index in [0.29, 0.717) is 6.04 Å². The number of benzene rings is 1. The van der Waals surface area contributed by atoms with Crippen molar-refractivity contribution in [2.45, 2.75) is 25.3 Å². The minimum atomic E-state index is 0.552. The van der Waals surface area contributed by atoms with E-state index in [4.69, 9.17) is 0 Å². The molecular weight excluding hydrogens is 218 g/mol. The van der Waals surface area contributed by atoms with Crippen molar-refractivity contribution in [3.8, 4) is 0 Å². The fraction of sp³-hybridized carbons (Fsp3) is 0.294. The Morgan fingerprint density at radius 3 is 3.11 bits per heavy atom. The summed E-state index contributed by atoms with van der Waals surface area (Å²) in [4.78, 5) is 0. The molecule has 4 rings (SSSR count). The molecule has 1 heterocycles. The van der Waals surface area contributed by atoms with Crippen molar-refractivity contribution in [2.24, 2.45) is 5.92 Å². The van der Waals surface area contributed by atoms with Crippen molar-refractivity contribution >= 4 is 10.9 Å². The molecule has 0 aliphatic heterocycles. The number of aromatic nitrogens is 1. The van der Waals surface area contributed by atoms with Gasteiger partial charge in [-0.3, -0.25) is 0 Å². The third kappa shape index (κ3) is 1.40. The second kappa shape index (κ2) is 3.88. The molecule has 1 fully saturated rings. The van der Waals surface area contributed by atoms with Crippen LogP contribution in [0.4, 0.5) is 0 Å². The van der Waals surface area contributed by atoms with Gasteiger partial charge in [-0.15, -0.1) is 0 Å². The van der Waals surface area contributed by atoms with Gasteiger partial charge in [0, 0.05) is 23.2 Å². The van der Waals surface area contributed by atoms with Gasteiger partial charge in [0.25, 0.3) is 0 Å². The molecular formula is C17H16N. The molecule has 18 heavy (non-hydrogen) atoms. The van der Waals surface area contributed by atoms with Gasteiger partial charge in [-0.2, -0.15) is 0 Å². The molecule has 1 radical (unpaired) electrons. The molecule has 2 aliphatic rings. The Balaban J connectivity index is 1.83. The molecule has 2 aromatic rings. The molecule has 0 bridgehead atoms. The number of hydrogen-bond acceptors (Lipinski definition) is 0. The summed E-state index contributed by atoms with van der Waals surface area (Å²) >= 11 is 0. The van der Waals surface area contributed by atoms with Gasteiger partial charge in [0.05, 0.1) is 6.04 Å². The van der Waals surface area contributed by atoms with Gasteiger partial charge < -0.3 is 4.57 Å². The van der Waals surface area contributed by atoms with E-state index in [1.54, 1.807) is 5.57 Å². The van der Waals surface area contributed by atoms with Crippen molar-refractivity contribution in [3.63, 3.8) is 0 Å². The van der Waals surface area contributed by atoms with Crippen LogP contribution in [0.1, 0.15) is 25.3 Å². The zero-order valence-corrected chi connectivity index (χ0v) is 10.3. The van der Waals surface area contributed by atoms with Gasteiger partial charge in [-0.05, 0) is 36.8 Å². The van der Waals surface area contributed by atoms with Gasteiger partial charge in [-0.25, -0.2) is 0 Å². The molecule has 0 saturated heterocycles. The van der Waals surface area contributed by atoms with Crippen molar-refractivity contribution in [1.82, 2.24) is 4.57 Å². The predicted molar refractivity (Wildman–Crippen MR) is 74.4 cm³/mol. The average molecular weight is 234 g/mol. The van der Waals surface area contributed by atoms with Crippen molar-refractivity contribution in [1.29, 1.82) is 0 Å². The zero-order chi connectivity index (χ0) is 11.9. The Morgan fingerprint density at radius 1 is 1.17 bits per heavy atom. The molecule has 0 N–H and O–H groups in total. The Labute approximate surface area is 107 Å². The lowest BCUT2D eigenvalue weighted by Crippen LogP contribution is -2.09. The molecule has 1 nitrogen and oxygen atoms in total. The summed E-state index contributed by atoms with van der Waals surface area (Å²) < 4.78 is 2.42. The third-order valence-corrected chi connectivity index (χ3v) is 4.37. The minimum absolute atomic E-state index is 0.552. The lowest BCUT2D eigenvalue weighted by molar-refractivity contribution is 0.604. The number of hydrogen-bond donors (Lipinski definition) is 0. The first-order chi connectivity index (χ1) is 8.93. The lowest BCUT2D eigenvalue weighted by atomic mass is 9.93. The van der Waals surface area contributed by atoms with Crippen LogP contribution in [0.25, 0.3) is 10.9 Å². The van der Waals surface area contributed by atoms with Crippen LogP contribution in [0, 0.1) is 12.0 Å². The van der Waals surface area contributed by atoms with Crippen molar-refractivity contribution in [3.05, 3.63) is 60.3 Å². The van der Waals surface area contributed by atoms with E-state index in [1.165, 1.54) is 30.2 Å². The second-order valence-corrected chi connectivity index (χ2v) is 5.32. The van der Waals surface area contributed by atoms with E-state index < -0.39 is 0 Å². The first kappa shape index (κ1) is 10.2. The minimum Gasteiger partial charge on any atom is -0.340 e. The van der Waals surface area contributed by atoms with Gasteiger partial charge in [0.15, 0.2) is 0 Å². The largest absolute Gasteiger partial charge is 0.340 e. The summed E-state index contributed by atoms with van der Waals surface area (Å²) in [6.45, 7) is 0. The van der Waals surface area contributed by atoms with Crippen LogP contribution in [0.15, 0.2) is 54.3 Å². The van der Waals surface area contributed by atoms with Gasteiger partial charge >= 0.3 is 0 Å². The summed E-state index contributed by atoms with van der Waals surface area (Å²) in [5.41, 5.74) is 2.94. The molecule has 0 spiro atoms. The Bertz CT molecular complexity index is 644. The SMILES string of the molecule is [c]1cn(C2CCC3CC=CC=C32)c2ccccc12. The number of fused-ring (bicyclic) bond motifs is 2. The number of nitrogens with zero attached hydrogens (tertiary/aromatic N) is 1. The van der Waals surface area contributed by atoms with Crippen LogP contribution in [0.3, 0.4) is 0 Å². The predicted octanol–water partition coefficient (Wildman–Crippen LogP) is 4.28. The second-order valence-electron chi connectivity index (χ2n) is 5.32. The molecule has 1 aromatic carbocycles. The van der Waals surface area contributed by atoms with Gasteiger partial charge in [0.2, 0.25) is 0 Å². The topological polar surface area (TPSA) is 4.93 Å². The van der Waals surface area contributed by atoms with E-state index >= 15 is 0 Å². The fourth-order valence-electron chi connectivity index (χ4n) is 3.47. The van der Waals surface area contributed by atoms with Crippen LogP contribution in [-0.4, -0.2) is 4.57 Å². The van der Waals surface area contributed by atoms with Crippen LogP contribution < -0.4 is 0 Å². The van der Waals surface area contributed by atoms with Crippen LogP contribution in [0.5, 0.6) is 0 Å². The number of para-hydroxylation sites is 1. The van der Waals surface area contributed by atoms with E-state index in [9.17, 15) is 0 Å². The van der Waals surface area contributed by atoms with E-state index in [-0.39, 0.29) is 0 Å². The van der Waals surface area contributed by atoms with E-state index in [2.05, 4.69) is 59.3 Å². The molecule has 1 heteroatoms. The fourth-order valence-corrected chi connectivity index (χ4v) is 3.47. The van der Waals surface area contributed by atoms with Crippen LogP contribution >= 0.6 is 0 Å².